The van der Waals surface area contributed by atoms with Crippen LogP contribution in [-0.2, 0) is 0 Å². The molecule has 0 spiro atoms. The normalized spacial score (nSPS) is 8.50. The lowest BCUT2D eigenvalue weighted by Crippen LogP contribution is -1.83. The molecule has 0 saturated heterocycles. The molecule has 0 unspecified atom stereocenters. The van der Waals surface area contributed by atoms with Gasteiger partial charge in [-0.25, -0.2) is 0 Å². The van der Waals surface area contributed by atoms with E-state index in [4.69, 9.17) is 0 Å². The van der Waals surface area contributed by atoms with Gasteiger partial charge >= 0.3 is 0 Å². The van der Waals surface area contributed by atoms with Crippen molar-refractivity contribution in [1.82, 2.24) is 0 Å². The van der Waals surface area contributed by atoms with E-state index >= 15 is 0 Å². The first-order valence-corrected chi connectivity index (χ1v) is 8.46. The molecule has 0 amide bonds. The van der Waals surface area contributed by atoms with Crippen LogP contribution in [0.4, 0.5) is 0 Å². The van der Waals surface area contributed by atoms with Gasteiger partial charge < -0.3 is 0 Å². The Morgan fingerprint density at radius 1 is 0.542 bits per heavy atom. The van der Waals surface area contributed by atoms with Gasteiger partial charge in [0.1, 0.15) is 0 Å². The molecule has 0 aromatic heterocycles. The highest BCUT2D eigenvalue weighted by atomic mass is 14.0. The van der Waals surface area contributed by atoms with E-state index in [0.29, 0.717) is 11.8 Å². The van der Waals surface area contributed by atoms with Crippen LogP contribution < -0.4 is 0 Å². The second-order valence-corrected chi connectivity index (χ2v) is 5.88. The summed E-state index contributed by atoms with van der Waals surface area (Å²) >= 11 is 0. The van der Waals surface area contributed by atoms with Gasteiger partial charge in [0.05, 0.1) is 0 Å². The fourth-order valence-electron chi connectivity index (χ4n) is 1.80. The van der Waals surface area contributed by atoms with Gasteiger partial charge in [0.25, 0.3) is 0 Å². The summed E-state index contributed by atoms with van der Waals surface area (Å²) in [5.74, 6) is 11.8. The Bertz CT molecular complexity index is 580. The minimum Gasteiger partial charge on any atom is -0.0925 e. The molecule has 0 radical (unpaired) electrons. The summed E-state index contributed by atoms with van der Waals surface area (Å²) in [6.07, 6.45) is 0. The Morgan fingerprint density at radius 3 is 1.00 bits per heavy atom. The highest BCUT2D eigenvalue weighted by molar-refractivity contribution is 5.23. The molecule has 126 valence electrons. The summed E-state index contributed by atoms with van der Waals surface area (Å²) in [5.41, 5.74) is 2.83. The van der Waals surface area contributed by atoms with Crippen LogP contribution >= 0.6 is 0 Å². The number of rotatable bonds is 2. The minimum atomic E-state index is 0.659. The van der Waals surface area contributed by atoms with Crippen molar-refractivity contribution in [1.29, 1.82) is 0 Å². The average molecular weight is 319 g/mol. The predicted octanol–water partition coefficient (Wildman–Crippen LogP) is 6.65. The smallest absolute Gasteiger partial charge is 0.00168 e. The van der Waals surface area contributed by atoms with Crippen LogP contribution in [-0.4, -0.2) is 0 Å². The first-order valence-electron chi connectivity index (χ1n) is 8.46. The van der Waals surface area contributed by atoms with E-state index in [1.54, 1.807) is 13.8 Å². The maximum atomic E-state index is 2.64. The van der Waals surface area contributed by atoms with Gasteiger partial charge in [-0.2, -0.15) is 0 Å². The summed E-state index contributed by atoms with van der Waals surface area (Å²) in [4.78, 5) is 0. The molecule has 0 fully saturated rings. The molecule has 0 heteroatoms. The summed E-state index contributed by atoms with van der Waals surface area (Å²) < 4.78 is 0. The summed E-state index contributed by atoms with van der Waals surface area (Å²) in [5, 5.41) is 0. The molecule has 0 heterocycles. The van der Waals surface area contributed by atoms with E-state index in [1.807, 2.05) is 12.1 Å². The van der Waals surface area contributed by atoms with Crippen molar-refractivity contribution in [3.63, 3.8) is 0 Å². The van der Waals surface area contributed by atoms with Gasteiger partial charge in [-0.3, -0.25) is 0 Å². The summed E-state index contributed by atoms with van der Waals surface area (Å²) in [6, 6.07) is 21.0. The molecule has 2 aromatic rings. The lowest BCUT2D eigenvalue weighted by molar-refractivity contribution is 0.867. The maximum Gasteiger partial charge on any atom is -0.00168 e. The third-order valence-electron chi connectivity index (χ3n) is 3.24. The molecular weight excluding hydrogens is 288 g/mol. The van der Waals surface area contributed by atoms with Crippen molar-refractivity contribution in [2.45, 2.75) is 53.4 Å². The molecule has 24 heavy (non-hydrogen) atoms. The maximum absolute atomic E-state index is 2.64. The summed E-state index contributed by atoms with van der Waals surface area (Å²) in [7, 11) is 0. The van der Waals surface area contributed by atoms with Crippen LogP contribution in [0.15, 0.2) is 60.7 Å². The standard InChI is InChI=1S/2C9H12.C6H6/c2*1-8(2)9-6-4-3-5-7-9;1-3-5-6-4-2/h2*3-8H,1-2H3;1-2H3. The Morgan fingerprint density at radius 2 is 0.833 bits per heavy atom. The van der Waals surface area contributed by atoms with E-state index in [-0.39, 0.29) is 0 Å². The Kier molecular flexibility index (Phi) is 12.7. The van der Waals surface area contributed by atoms with Crippen molar-refractivity contribution in [3.8, 4) is 23.7 Å². The highest BCUT2D eigenvalue weighted by Gasteiger charge is 1.94. The van der Waals surface area contributed by atoms with Gasteiger partial charge in [0.15, 0.2) is 0 Å². The Balaban J connectivity index is 0.000000340. The van der Waals surface area contributed by atoms with Crippen molar-refractivity contribution in [2.24, 2.45) is 0 Å². The molecule has 0 nitrogen and oxygen atoms in total. The summed E-state index contributed by atoms with van der Waals surface area (Å²) in [6.45, 7) is 12.4. The number of hydrogen-bond acceptors (Lipinski definition) is 0. The van der Waals surface area contributed by atoms with Crippen LogP contribution in [0, 0.1) is 23.7 Å². The Labute approximate surface area is 149 Å². The molecule has 0 aliphatic heterocycles. The zero-order valence-corrected chi connectivity index (χ0v) is 15.9. The SMILES string of the molecule is CC#CC#CC.CC(C)c1ccccc1.CC(C)c1ccccc1. The van der Waals surface area contributed by atoms with Crippen LogP contribution in [0.3, 0.4) is 0 Å². The fraction of sp³-hybridized carbons (Fsp3) is 0.333. The molecule has 0 aliphatic rings. The number of hydrogen-bond donors (Lipinski definition) is 0. The van der Waals surface area contributed by atoms with E-state index in [2.05, 4.69) is 99.9 Å². The van der Waals surface area contributed by atoms with E-state index in [0.717, 1.165) is 0 Å². The largest absolute Gasteiger partial charge is 0.0925 e. The second kappa shape index (κ2) is 14.2. The molecule has 0 aliphatic carbocycles. The van der Waals surface area contributed by atoms with E-state index in [9.17, 15) is 0 Å². The Hall–Kier alpha value is -2.44. The fourth-order valence-corrected chi connectivity index (χ4v) is 1.80. The molecule has 2 aromatic carbocycles. The molecule has 0 saturated carbocycles. The lowest BCUT2D eigenvalue weighted by Gasteiger charge is -2.01. The highest BCUT2D eigenvalue weighted by Crippen LogP contribution is 2.12. The van der Waals surface area contributed by atoms with Crippen molar-refractivity contribution in [3.05, 3.63) is 71.8 Å². The third-order valence-corrected chi connectivity index (χ3v) is 3.24. The minimum absolute atomic E-state index is 0.659. The molecule has 2 rings (SSSR count). The van der Waals surface area contributed by atoms with Gasteiger partial charge in [-0.05, 0) is 48.7 Å². The van der Waals surface area contributed by atoms with Crippen LogP contribution in [0.1, 0.15) is 64.5 Å². The van der Waals surface area contributed by atoms with Crippen molar-refractivity contribution in [2.75, 3.05) is 0 Å². The lowest BCUT2D eigenvalue weighted by atomic mass is 10.0. The molecular formula is C24H30. The topological polar surface area (TPSA) is 0 Å². The average Bonchev–Trinajstić information content (AvgIpc) is 2.62. The van der Waals surface area contributed by atoms with Gasteiger partial charge in [0, 0.05) is 0 Å². The first-order chi connectivity index (χ1) is 11.5. The number of benzene rings is 2. The van der Waals surface area contributed by atoms with Crippen LogP contribution in [0.2, 0.25) is 0 Å². The van der Waals surface area contributed by atoms with Gasteiger partial charge in [0.2, 0.25) is 0 Å². The van der Waals surface area contributed by atoms with Crippen LogP contribution in [0.5, 0.6) is 0 Å². The van der Waals surface area contributed by atoms with Crippen molar-refractivity contribution >= 4 is 0 Å². The molecule has 0 bridgehead atoms. The third kappa shape index (κ3) is 11.2. The van der Waals surface area contributed by atoms with Gasteiger partial charge in [-0.1, -0.05) is 100 Å². The zero-order valence-electron chi connectivity index (χ0n) is 15.9. The monoisotopic (exact) mass is 318 g/mol. The predicted molar refractivity (Wildman–Crippen MR) is 108 cm³/mol. The van der Waals surface area contributed by atoms with E-state index in [1.165, 1.54) is 11.1 Å². The second-order valence-electron chi connectivity index (χ2n) is 5.88. The zero-order chi connectivity index (χ0) is 18.2. The van der Waals surface area contributed by atoms with Gasteiger partial charge in [-0.15, -0.1) is 0 Å². The molecule has 0 N–H and O–H groups in total. The molecule has 0 atom stereocenters. The van der Waals surface area contributed by atoms with Crippen LogP contribution in [0.25, 0.3) is 0 Å². The van der Waals surface area contributed by atoms with E-state index < -0.39 is 0 Å². The van der Waals surface area contributed by atoms with Crippen molar-refractivity contribution < 1.29 is 0 Å². The quantitative estimate of drug-likeness (QED) is 0.543. The first kappa shape index (κ1) is 21.6.